The molecule has 0 saturated carbocycles. The number of pyridine rings is 2. The summed E-state index contributed by atoms with van der Waals surface area (Å²) in [6.45, 7) is 0.542. The fraction of sp³-hybridized carbons (Fsp3) is 0.222. The van der Waals surface area contributed by atoms with E-state index in [0.29, 0.717) is 17.8 Å². The lowest BCUT2D eigenvalue weighted by Crippen LogP contribution is -2.42. The lowest BCUT2D eigenvalue weighted by atomic mass is 9.91. The summed E-state index contributed by atoms with van der Waals surface area (Å²) in [4.78, 5) is 34.7. The molecule has 3 aromatic rings. The Labute approximate surface area is 208 Å². The number of anilines is 1. The Balaban J connectivity index is 1.33. The number of allylic oxidation sites excluding steroid dienone is 2. The maximum atomic E-state index is 12.7. The van der Waals surface area contributed by atoms with Crippen LogP contribution < -0.4 is 21.4 Å². The summed E-state index contributed by atoms with van der Waals surface area (Å²) in [5, 5.41) is 9.37. The molecule has 1 fully saturated rings. The molecule has 36 heavy (non-hydrogen) atoms. The molecule has 9 nitrogen and oxygen atoms in total. The topological polar surface area (TPSA) is 136 Å². The second kappa shape index (κ2) is 9.99. The van der Waals surface area contributed by atoms with E-state index in [-0.39, 0.29) is 12.5 Å². The van der Waals surface area contributed by atoms with Crippen LogP contribution in [0.4, 0.5) is 10.5 Å². The number of nitrogens with two attached hydrogens (primary N) is 2. The quantitative estimate of drug-likeness (QED) is 0.455. The molecule has 2 aromatic heterocycles. The zero-order valence-electron chi connectivity index (χ0n) is 19.7. The van der Waals surface area contributed by atoms with Crippen molar-refractivity contribution in [3.8, 4) is 0 Å². The van der Waals surface area contributed by atoms with Gasteiger partial charge in [-0.3, -0.25) is 25.1 Å². The second-order valence-corrected chi connectivity index (χ2v) is 8.82. The number of cyclic esters (lactones) is 1. The molecule has 1 aromatic carbocycles. The summed E-state index contributed by atoms with van der Waals surface area (Å²) in [7, 11) is 0. The van der Waals surface area contributed by atoms with E-state index >= 15 is 0 Å². The monoisotopic (exact) mass is 483 g/mol. The van der Waals surface area contributed by atoms with Crippen LogP contribution in [0.15, 0.2) is 72.9 Å². The van der Waals surface area contributed by atoms with Crippen LogP contribution in [0.25, 0.3) is 5.57 Å². The molecule has 1 atom stereocenters. The summed E-state index contributed by atoms with van der Waals surface area (Å²) in [5.74, 6) is -0.262. The van der Waals surface area contributed by atoms with Crippen LogP contribution in [-0.2, 0) is 11.2 Å². The zero-order chi connectivity index (χ0) is 25.1. The lowest BCUT2D eigenvalue weighted by molar-refractivity contribution is -0.110. The molecule has 0 bridgehead atoms. The minimum atomic E-state index is -0.461. The SMILES string of the molecule is NC1=C(C(=[NH2+])c2cccnc2)c2ccc(N3C[C@H](CNC(=O)c4cccnc4)OC3=O)cc2CCC1. The van der Waals surface area contributed by atoms with E-state index in [4.69, 9.17) is 15.9 Å². The maximum absolute atomic E-state index is 12.7. The third-order valence-corrected chi connectivity index (χ3v) is 6.41. The van der Waals surface area contributed by atoms with Gasteiger partial charge in [0.1, 0.15) is 6.10 Å². The molecule has 1 aliphatic heterocycles. The third kappa shape index (κ3) is 4.68. The summed E-state index contributed by atoms with van der Waals surface area (Å²) >= 11 is 0. The first-order chi connectivity index (χ1) is 17.5. The zero-order valence-corrected chi connectivity index (χ0v) is 19.7. The van der Waals surface area contributed by atoms with Crippen LogP contribution >= 0.6 is 0 Å². The largest absolute Gasteiger partial charge is 0.442 e. The first-order valence-corrected chi connectivity index (χ1v) is 11.8. The molecule has 9 heteroatoms. The van der Waals surface area contributed by atoms with Gasteiger partial charge in [0.2, 0.25) is 5.71 Å². The van der Waals surface area contributed by atoms with Gasteiger partial charge in [-0.25, -0.2) is 4.79 Å². The van der Waals surface area contributed by atoms with E-state index in [1.165, 1.54) is 6.20 Å². The average Bonchev–Trinajstić information content (AvgIpc) is 3.20. The molecule has 182 valence electrons. The Morgan fingerprint density at radius 1 is 1.11 bits per heavy atom. The Bertz CT molecular complexity index is 1340. The smallest absolute Gasteiger partial charge is 0.414 e. The number of fused-ring (bicyclic) bond motifs is 1. The lowest BCUT2D eigenvalue weighted by Gasteiger charge is -2.17. The van der Waals surface area contributed by atoms with Crippen LogP contribution in [-0.4, -0.2) is 46.9 Å². The van der Waals surface area contributed by atoms with E-state index in [0.717, 1.165) is 52.9 Å². The highest BCUT2D eigenvalue weighted by molar-refractivity contribution is 6.29. The second-order valence-electron chi connectivity index (χ2n) is 8.82. The first kappa shape index (κ1) is 23.2. The van der Waals surface area contributed by atoms with Crippen molar-refractivity contribution in [3.05, 3.63) is 95.2 Å². The first-order valence-electron chi connectivity index (χ1n) is 11.8. The van der Waals surface area contributed by atoms with Gasteiger partial charge in [-0.05, 0) is 66.8 Å². The number of benzene rings is 1. The predicted molar refractivity (Wildman–Crippen MR) is 135 cm³/mol. The number of aryl methyl sites for hydroxylation is 1. The van der Waals surface area contributed by atoms with Gasteiger partial charge in [0, 0.05) is 36.2 Å². The van der Waals surface area contributed by atoms with Crippen molar-refractivity contribution in [1.82, 2.24) is 15.3 Å². The standard InChI is InChI=1S/C27H26N6O3/c28-23-7-1-4-17-12-20(8-9-22(17)24(23)25(29)18-5-2-10-30-13-18)33-16-21(36-27(33)35)15-32-26(34)19-6-3-11-31-14-19/h2-3,5-6,8-14,21,29H,1,4,7,15-16,28H2,(H,32,34)/p+1/t21-/m0/s1. The Hall–Kier alpha value is -4.53. The number of rotatable bonds is 6. The number of ether oxygens (including phenoxy) is 1. The number of carbonyl (C=O) groups excluding carboxylic acids is 2. The third-order valence-electron chi connectivity index (χ3n) is 6.41. The van der Waals surface area contributed by atoms with Gasteiger partial charge in [0.15, 0.2) is 0 Å². The molecule has 3 heterocycles. The Kier molecular flexibility index (Phi) is 6.44. The Morgan fingerprint density at radius 2 is 1.86 bits per heavy atom. The summed E-state index contributed by atoms with van der Waals surface area (Å²) in [6, 6.07) is 13.0. The average molecular weight is 484 g/mol. The molecule has 5 N–H and O–H groups in total. The van der Waals surface area contributed by atoms with Crippen LogP contribution in [0.5, 0.6) is 0 Å². The van der Waals surface area contributed by atoms with E-state index in [1.807, 2.05) is 30.3 Å². The van der Waals surface area contributed by atoms with Gasteiger partial charge in [-0.1, -0.05) is 6.07 Å². The van der Waals surface area contributed by atoms with Gasteiger partial charge in [0.05, 0.1) is 29.8 Å². The molecule has 2 amide bonds. The normalized spacial score (nSPS) is 17.3. The molecule has 1 aliphatic carbocycles. The van der Waals surface area contributed by atoms with Gasteiger partial charge in [-0.15, -0.1) is 0 Å². The van der Waals surface area contributed by atoms with Gasteiger partial charge < -0.3 is 15.8 Å². The Morgan fingerprint density at radius 3 is 2.58 bits per heavy atom. The van der Waals surface area contributed by atoms with Gasteiger partial charge in [-0.2, -0.15) is 0 Å². The van der Waals surface area contributed by atoms with Crippen LogP contribution in [0.2, 0.25) is 0 Å². The van der Waals surface area contributed by atoms with E-state index in [2.05, 4.69) is 15.3 Å². The van der Waals surface area contributed by atoms with Crippen molar-refractivity contribution < 1.29 is 19.7 Å². The van der Waals surface area contributed by atoms with Crippen molar-refractivity contribution >= 4 is 29.0 Å². The molecule has 2 aliphatic rings. The molecule has 0 unspecified atom stereocenters. The van der Waals surface area contributed by atoms with E-state index < -0.39 is 12.2 Å². The molecule has 1 saturated heterocycles. The molecular weight excluding hydrogens is 456 g/mol. The number of amides is 2. The minimum absolute atomic E-state index is 0.209. The number of hydrogen-bond acceptors (Lipinski definition) is 6. The van der Waals surface area contributed by atoms with Crippen molar-refractivity contribution in [2.24, 2.45) is 5.73 Å². The number of hydrogen-bond donors (Lipinski definition) is 3. The van der Waals surface area contributed by atoms with E-state index in [1.54, 1.807) is 35.6 Å². The predicted octanol–water partition coefficient (Wildman–Crippen LogP) is 1.49. The van der Waals surface area contributed by atoms with E-state index in [9.17, 15) is 9.59 Å². The highest BCUT2D eigenvalue weighted by Crippen LogP contribution is 2.33. The van der Waals surface area contributed by atoms with Crippen molar-refractivity contribution in [3.63, 3.8) is 0 Å². The minimum Gasteiger partial charge on any atom is -0.442 e. The number of nitrogens with zero attached hydrogens (tertiary/aromatic N) is 3. The van der Waals surface area contributed by atoms with Crippen molar-refractivity contribution in [2.45, 2.75) is 25.4 Å². The van der Waals surface area contributed by atoms with Gasteiger partial charge >= 0.3 is 6.09 Å². The maximum Gasteiger partial charge on any atom is 0.414 e. The molecule has 5 rings (SSSR count). The highest BCUT2D eigenvalue weighted by Gasteiger charge is 2.33. The van der Waals surface area contributed by atoms with Gasteiger partial charge in [0.25, 0.3) is 5.91 Å². The number of aromatic nitrogens is 2. The van der Waals surface area contributed by atoms with Crippen LogP contribution in [0.1, 0.15) is 39.9 Å². The molecule has 0 radical (unpaired) electrons. The fourth-order valence-corrected chi connectivity index (χ4v) is 4.59. The molecule has 0 spiro atoms. The van der Waals surface area contributed by atoms with Crippen LogP contribution in [0.3, 0.4) is 0 Å². The number of carbonyl (C=O) groups is 2. The molecular formula is C27H27N6O3+. The fourth-order valence-electron chi connectivity index (χ4n) is 4.59. The van der Waals surface area contributed by atoms with Crippen LogP contribution in [0, 0.1) is 0 Å². The van der Waals surface area contributed by atoms with Crippen molar-refractivity contribution in [2.75, 3.05) is 18.0 Å². The van der Waals surface area contributed by atoms with Crippen molar-refractivity contribution in [1.29, 1.82) is 0 Å². The summed E-state index contributed by atoms with van der Waals surface area (Å²) in [5.41, 5.74) is 12.6. The summed E-state index contributed by atoms with van der Waals surface area (Å²) in [6.07, 6.45) is 8.03. The summed E-state index contributed by atoms with van der Waals surface area (Å²) < 4.78 is 5.51. The number of nitrogens with one attached hydrogen (secondary N) is 1. The highest BCUT2D eigenvalue weighted by atomic mass is 16.6.